The zero-order chi connectivity index (χ0) is 22.6. The molecule has 8 heteroatoms. The van der Waals surface area contributed by atoms with Crippen LogP contribution in [0.25, 0.3) is 0 Å². The molecular weight excluding hydrogens is 455 g/mol. The number of carbonyl (C=O) groups excluding carboxylic acids is 1. The highest BCUT2D eigenvalue weighted by atomic mass is 35.5. The molecule has 0 aliphatic carbocycles. The van der Waals surface area contributed by atoms with Gasteiger partial charge in [-0.25, -0.2) is 8.42 Å². The lowest BCUT2D eigenvalue weighted by molar-refractivity contribution is 0.0951. The predicted molar refractivity (Wildman–Crippen MR) is 126 cm³/mol. The van der Waals surface area contributed by atoms with Crippen molar-refractivity contribution in [1.82, 2.24) is 5.32 Å². The maximum atomic E-state index is 12.4. The second-order valence-electron chi connectivity index (χ2n) is 7.21. The highest BCUT2D eigenvalue weighted by molar-refractivity contribution is 7.92. The third-order valence-corrected chi connectivity index (χ3v) is 6.65. The van der Waals surface area contributed by atoms with Gasteiger partial charge in [-0.3, -0.25) is 9.10 Å². The standard InChI is InChI=1S/C23H22Cl2N2O3S/c1-16-6-8-17(9-7-16)14-26-23(28)19-12-10-18(11-13-19)15-27(31(2,29)30)21-5-3-4-20(24)22(21)25/h3-13H,14-15H2,1-2H3,(H,26,28). The number of sulfonamides is 1. The molecular formula is C23H22Cl2N2O3S. The van der Waals surface area contributed by atoms with Crippen molar-refractivity contribution in [3.8, 4) is 0 Å². The van der Waals surface area contributed by atoms with Crippen LogP contribution in [0.3, 0.4) is 0 Å². The molecule has 0 unspecified atom stereocenters. The monoisotopic (exact) mass is 476 g/mol. The number of hydrogen-bond acceptors (Lipinski definition) is 3. The summed E-state index contributed by atoms with van der Waals surface area (Å²) in [5.41, 5.74) is 3.67. The van der Waals surface area contributed by atoms with E-state index < -0.39 is 10.0 Å². The molecule has 0 fully saturated rings. The molecule has 3 rings (SSSR count). The van der Waals surface area contributed by atoms with E-state index in [4.69, 9.17) is 23.2 Å². The highest BCUT2D eigenvalue weighted by Gasteiger charge is 2.21. The summed E-state index contributed by atoms with van der Waals surface area (Å²) in [7, 11) is -3.61. The Hall–Kier alpha value is -2.54. The number of rotatable bonds is 7. The molecule has 3 aromatic rings. The number of nitrogens with one attached hydrogen (secondary N) is 1. The van der Waals surface area contributed by atoms with Crippen LogP contribution in [0.15, 0.2) is 66.7 Å². The minimum absolute atomic E-state index is 0.0597. The average molecular weight is 477 g/mol. The van der Waals surface area contributed by atoms with E-state index in [1.54, 1.807) is 42.5 Å². The van der Waals surface area contributed by atoms with Crippen LogP contribution in [0.1, 0.15) is 27.0 Å². The highest BCUT2D eigenvalue weighted by Crippen LogP contribution is 2.34. The molecule has 0 saturated heterocycles. The molecule has 5 nitrogen and oxygen atoms in total. The van der Waals surface area contributed by atoms with Crippen molar-refractivity contribution in [2.24, 2.45) is 0 Å². The van der Waals surface area contributed by atoms with E-state index in [9.17, 15) is 13.2 Å². The summed E-state index contributed by atoms with van der Waals surface area (Å²) in [6.07, 6.45) is 1.11. The van der Waals surface area contributed by atoms with Crippen molar-refractivity contribution in [3.05, 3.63) is 99.0 Å². The number of hydrogen-bond donors (Lipinski definition) is 1. The first-order valence-corrected chi connectivity index (χ1v) is 12.1. The van der Waals surface area contributed by atoms with Gasteiger partial charge in [0.05, 0.1) is 28.5 Å². The van der Waals surface area contributed by atoms with Crippen molar-refractivity contribution in [2.75, 3.05) is 10.6 Å². The molecule has 0 aliphatic heterocycles. The Morgan fingerprint density at radius 1 is 0.935 bits per heavy atom. The van der Waals surface area contributed by atoms with Gasteiger partial charge in [-0.2, -0.15) is 0 Å². The number of carbonyl (C=O) groups is 1. The number of amides is 1. The van der Waals surface area contributed by atoms with Gasteiger partial charge in [-0.15, -0.1) is 0 Å². The van der Waals surface area contributed by atoms with E-state index in [0.717, 1.165) is 17.4 Å². The van der Waals surface area contributed by atoms with E-state index in [1.165, 1.54) is 4.31 Å². The Morgan fingerprint density at radius 2 is 1.55 bits per heavy atom. The fraction of sp³-hybridized carbons (Fsp3) is 0.174. The van der Waals surface area contributed by atoms with Crippen LogP contribution in [-0.2, 0) is 23.1 Å². The topological polar surface area (TPSA) is 66.5 Å². The third kappa shape index (κ3) is 6.00. The Bertz CT molecular complexity index is 1180. The summed E-state index contributed by atoms with van der Waals surface area (Å²) in [6, 6.07) is 19.5. The quantitative estimate of drug-likeness (QED) is 0.509. The molecule has 0 heterocycles. The van der Waals surface area contributed by atoms with Crippen LogP contribution in [0.4, 0.5) is 5.69 Å². The van der Waals surface area contributed by atoms with Crippen molar-refractivity contribution in [2.45, 2.75) is 20.0 Å². The lowest BCUT2D eigenvalue weighted by Crippen LogP contribution is -2.29. The minimum atomic E-state index is -3.61. The predicted octanol–water partition coefficient (Wildman–Crippen LogP) is 5.20. The Morgan fingerprint density at radius 3 is 2.16 bits per heavy atom. The van der Waals surface area contributed by atoms with Crippen molar-refractivity contribution >= 4 is 44.8 Å². The lowest BCUT2D eigenvalue weighted by Gasteiger charge is -2.24. The zero-order valence-electron chi connectivity index (χ0n) is 17.1. The minimum Gasteiger partial charge on any atom is -0.348 e. The molecule has 1 N–H and O–H groups in total. The summed E-state index contributed by atoms with van der Waals surface area (Å²) >= 11 is 12.3. The van der Waals surface area contributed by atoms with Gasteiger partial charge >= 0.3 is 0 Å². The fourth-order valence-corrected chi connectivity index (χ4v) is 4.32. The van der Waals surface area contributed by atoms with Gasteiger partial charge in [0, 0.05) is 12.1 Å². The summed E-state index contributed by atoms with van der Waals surface area (Å²) in [5.74, 6) is -0.204. The molecule has 0 spiro atoms. The Labute approximate surface area is 192 Å². The van der Waals surface area contributed by atoms with E-state index >= 15 is 0 Å². The molecule has 0 aliphatic rings. The molecule has 0 aromatic heterocycles. The van der Waals surface area contributed by atoms with Gasteiger partial charge in [0.15, 0.2) is 0 Å². The number of anilines is 1. The Balaban J connectivity index is 1.72. The van der Waals surface area contributed by atoms with Crippen LogP contribution in [0, 0.1) is 6.92 Å². The van der Waals surface area contributed by atoms with Crippen LogP contribution in [0.2, 0.25) is 10.0 Å². The number of nitrogens with zero attached hydrogens (tertiary/aromatic N) is 1. The van der Waals surface area contributed by atoms with Crippen molar-refractivity contribution < 1.29 is 13.2 Å². The summed E-state index contributed by atoms with van der Waals surface area (Å²) < 4.78 is 25.9. The van der Waals surface area contributed by atoms with E-state index in [-0.39, 0.29) is 22.5 Å². The van der Waals surface area contributed by atoms with E-state index in [2.05, 4.69) is 5.32 Å². The molecule has 1 amide bonds. The number of halogens is 2. The first kappa shape index (κ1) is 23.1. The van der Waals surface area contributed by atoms with Gasteiger partial charge < -0.3 is 5.32 Å². The number of aryl methyl sites for hydroxylation is 1. The zero-order valence-corrected chi connectivity index (χ0v) is 19.4. The van der Waals surface area contributed by atoms with Crippen LogP contribution in [0.5, 0.6) is 0 Å². The van der Waals surface area contributed by atoms with Crippen LogP contribution >= 0.6 is 23.2 Å². The van der Waals surface area contributed by atoms with Gasteiger partial charge in [-0.05, 0) is 42.3 Å². The Kier molecular flexibility index (Phi) is 7.26. The lowest BCUT2D eigenvalue weighted by atomic mass is 10.1. The molecule has 162 valence electrons. The third-order valence-electron chi connectivity index (χ3n) is 4.72. The van der Waals surface area contributed by atoms with Gasteiger partial charge in [0.1, 0.15) is 0 Å². The van der Waals surface area contributed by atoms with Crippen molar-refractivity contribution in [3.63, 3.8) is 0 Å². The summed E-state index contributed by atoms with van der Waals surface area (Å²) in [5, 5.41) is 3.32. The molecule has 31 heavy (non-hydrogen) atoms. The summed E-state index contributed by atoms with van der Waals surface area (Å²) in [6.45, 7) is 2.50. The van der Waals surface area contributed by atoms with E-state index in [0.29, 0.717) is 23.4 Å². The summed E-state index contributed by atoms with van der Waals surface area (Å²) in [4.78, 5) is 12.4. The first-order valence-electron chi connectivity index (χ1n) is 9.49. The molecule has 0 saturated carbocycles. The number of benzene rings is 3. The van der Waals surface area contributed by atoms with Crippen LogP contribution in [-0.4, -0.2) is 20.6 Å². The average Bonchev–Trinajstić information content (AvgIpc) is 2.73. The second-order valence-corrected chi connectivity index (χ2v) is 9.90. The normalized spacial score (nSPS) is 11.2. The maximum absolute atomic E-state index is 12.4. The van der Waals surface area contributed by atoms with Crippen molar-refractivity contribution in [1.29, 1.82) is 0 Å². The second kappa shape index (κ2) is 9.73. The molecule has 3 aromatic carbocycles. The van der Waals surface area contributed by atoms with Gasteiger partial charge in [-0.1, -0.05) is 71.2 Å². The van der Waals surface area contributed by atoms with E-state index in [1.807, 2.05) is 31.2 Å². The smallest absolute Gasteiger partial charge is 0.251 e. The largest absolute Gasteiger partial charge is 0.348 e. The maximum Gasteiger partial charge on any atom is 0.251 e. The molecule has 0 radical (unpaired) electrons. The SMILES string of the molecule is Cc1ccc(CNC(=O)c2ccc(CN(c3cccc(Cl)c3Cl)S(C)(=O)=O)cc2)cc1. The van der Waals surface area contributed by atoms with Crippen LogP contribution < -0.4 is 9.62 Å². The van der Waals surface area contributed by atoms with Gasteiger partial charge in [0.25, 0.3) is 5.91 Å². The van der Waals surface area contributed by atoms with Gasteiger partial charge in [0.2, 0.25) is 10.0 Å². The molecule has 0 bridgehead atoms. The fourth-order valence-electron chi connectivity index (χ4n) is 2.98. The molecule has 0 atom stereocenters. The first-order chi connectivity index (χ1) is 14.6.